The largest absolute Gasteiger partial charge is 0.327 e. The highest BCUT2D eigenvalue weighted by atomic mass is 32.2. The maximum atomic E-state index is 11.5. The molecule has 17 heavy (non-hydrogen) atoms. The molecule has 0 radical (unpaired) electrons. The van der Waals surface area contributed by atoms with E-state index in [0.717, 1.165) is 25.9 Å². The number of nitrogens with zero attached hydrogens (tertiary/aromatic N) is 1. The zero-order valence-corrected chi connectivity index (χ0v) is 11.3. The molecule has 2 rings (SSSR count). The van der Waals surface area contributed by atoms with Crippen molar-refractivity contribution < 1.29 is 8.42 Å². The van der Waals surface area contributed by atoms with Crippen LogP contribution in [0.2, 0.25) is 0 Å². The lowest BCUT2D eigenvalue weighted by Crippen LogP contribution is -2.42. The molecule has 2 atom stereocenters. The Morgan fingerprint density at radius 2 is 1.82 bits per heavy atom. The van der Waals surface area contributed by atoms with Gasteiger partial charge in [-0.3, -0.25) is 0 Å². The van der Waals surface area contributed by atoms with Gasteiger partial charge < -0.3 is 10.6 Å². The summed E-state index contributed by atoms with van der Waals surface area (Å²) in [7, 11) is -2.78. The van der Waals surface area contributed by atoms with E-state index < -0.39 is 9.84 Å². The minimum atomic E-state index is -2.78. The summed E-state index contributed by atoms with van der Waals surface area (Å²) >= 11 is 0. The molecule has 1 saturated carbocycles. The zero-order valence-electron chi connectivity index (χ0n) is 10.5. The van der Waals surface area contributed by atoms with E-state index in [9.17, 15) is 8.42 Å². The minimum Gasteiger partial charge on any atom is -0.327 e. The van der Waals surface area contributed by atoms with Gasteiger partial charge in [0.25, 0.3) is 0 Å². The van der Waals surface area contributed by atoms with E-state index in [1.54, 1.807) is 0 Å². The molecule has 2 N–H and O–H groups in total. The monoisotopic (exact) mass is 260 g/mol. The predicted molar refractivity (Wildman–Crippen MR) is 69.6 cm³/mol. The first kappa shape index (κ1) is 13.3. The molecule has 0 bridgehead atoms. The molecule has 1 aliphatic carbocycles. The molecule has 0 aromatic heterocycles. The van der Waals surface area contributed by atoms with E-state index in [4.69, 9.17) is 5.73 Å². The Bertz CT molecular complexity index is 342. The summed E-state index contributed by atoms with van der Waals surface area (Å²) in [5.41, 5.74) is 6.14. The average Bonchev–Trinajstić information content (AvgIpc) is 2.44. The van der Waals surface area contributed by atoms with Crippen LogP contribution in [0.5, 0.6) is 0 Å². The van der Waals surface area contributed by atoms with Crippen LogP contribution in [0.1, 0.15) is 32.1 Å². The van der Waals surface area contributed by atoms with E-state index in [2.05, 4.69) is 4.90 Å². The van der Waals surface area contributed by atoms with E-state index >= 15 is 0 Å². The SMILES string of the molecule is NC1CCCCC1CN1CCCS(=O)(=O)CC1. The lowest BCUT2D eigenvalue weighted by Gasteiger charge is -2.33. The van der Waals surface area contributed by atoms with Crippen LogP contribution in [-0.2, 0) is 9.84 Å². The maximum Gasteiger partial charge on any atom is 0.151 e. The molecule has 1 saturated heterocycles. The summed E-state index contributed by atoms with van der Waals surface area (Å²) in [4.78, 5) is 2.31. The zero-order chi connectivity index (χ0) is 12.3. The van der Waals surface area contributed by atoms with Crippen LogP contribution < -0.4 is 5.73 Å². The van der Waals surface area contributed by atoms with Crippen molar-refractivity contribution in [1.29, 1.82) is 0 Å². The molecular weight excluding hydrogens is 236 g/mol. The van der Waals surface area contributed by atoms with Gasteiger partial charge in [-0.25, -0.2) is 8.42 Å². The number of sulfone groups is 1. The third-order valence-corrected chi connectivity index (χ3v) is 5.82. The van der Waals surface area contributed by atoms with Gasteiger partial charge >= 0.3 is 0 Å². The second-order valence-corrected chi connectivity index (χ2v) is 7.82. The highest BCUT2D eigenvalue weighted by Crippen LogP contribution is 2.24. The molecule has 2 fully saturated rings. The molecule has 0 amide bonds. The van der Waals surface area contributed by atoms with Crippen molar-refractivity contribution in [3.8, 4) is 0 Å². The van der Waals surface area contributed by atoms with E-state index in [0.29, 0.717) is 30.0 Å². The number of hydrogen-bond acceptors (Lipinski definition) is 4. The molecule has 0 spiro atoms. The Morgan fingerprint density at radius 3 is 2.59 bits per heavy atom. The fourth-order valence-electron chi connectivity index (χ4n) is 2.97. The summed E-state index contributed by atoms with van der Waals surface area (Å²) in [6.07, 6.45) is 5.67. The molecule has 5 heteroatoms. The van der Waals surface area contributed by atoms with E-state index in [1.807, 2.05) is 0 Å². The second-order valence-electron chi connectivity index (χ2n) is 5.51. The molecule has 0 aromatic carbocycles. The Balaban J connectivity index is 1.86. The molecule has 0 aromatic rings. The Labute approximate surface area is 104 Å². The lowest BCUT2D eigenvalue weighted by atomic mass is 9.84. The number of rotatable bonds is 2. The van der Waals surface area contributed by atoms with Crippen LogP contribution in [0, 0.1) is 5.92 Å². The summed E-state index contributed by atoms with van der Waals surface area (Å²) in [6, 6.07) is 0.323. The highest BCUT2D eigenvalue weighted by molar-refractivity contribution is 7.91. The normalized spacial score (nSPS) is 35.4. The second kappa shape index (κ2) is 5.67. The quantitative estimate of drug-likeness (QED) is 0.791. The molecular formula is C12H24N2O2S. The van der Waals surface area contributed by atoms with Crippen molar-refractivity contribution in [2.45, 2.75) is 38.1 Å². The first-order valence-electron chi connectivity index (χ1n) is 6.75. The molecule has 2 aliphatic rings. The van der Waals surface area contributed by atoms with Crippen molar-refractivity contribution in [3.63, 3.8) is 0 Å². The summed E-state index contributed by atoms with van der Waals surface area (Å²) in [5.74, 6) is 1.26. The molecule has 1 heterocycles. The fraction of sp³-hybridized carbons (Fsp3) is 1.00. The fourth-order valence-corrected chi connectivity index (χ4v) is 4.28. The Kier molecular flexibility index (Phi) is 4.44. The van der Waals surface area contributed by atoms with Crippen molar-refractivity contribution in [2.24, 2.45) is 11.7 Å². The van der Waals surface area contributed by atoms with Gasteiger partial charge in [0.15, 0.2) is 9.84 Å². The van der Waals surface area contributed by atoms with Gasteiger partial charge in [-0.2, -0.15) is 0 Å². The smallest absolute Gasteiger partial charge is 0.151 e. The van der Waals surface area contributed by atoms with Gasteiger partial charge in [0.1, 0.15) is 0 Å². The summed E-state index contributed by atoms with van der Waals surface area (Å²) < 4.78 is 23.0. The average molecular weight is 260 g/mol. The summed E-state index contributed by atoms with van der Waals surface area (Å²) in [5, 5.41) is 0. The van der Waals surface area contributed by atoms with Gasteiger partial charge in [-0.15, -0.1) is 0 Å². The lowest BCUT2D eigenvalue weighted by molar-refractivity contribution is 0.193. The van der Waals surface area contributed by atoms with Crippen LogP contribution in [0.15, 0.2) is 0 Å². The van der Waals surface area contributed by atoms with Gasteiger partial charge in [-0.05, 0) is 31.7 Å². The van der Waals surface area contributed by atoms with Crippen LogP contribution >= 0.6 is 0 Å². The van der Waals surface area contributed by atoms with Crippen molar-refractivity contribution in [1.82, 2.24) is 4.90 Å². The third-order valence-electron chi connectivity index (χ3n) is 4.11. The van der Waals surface area contributed by atoms with Gasteiger partial charge in [-0.1, -0.05) is 12.8 Å². The van der Waals surface area contributed by atoms with Crippen molar-refractivity contribution in [2.75, 3.05) is 31.1 Å². The van der Waals surface area contributed by atoms with Crippen molar-refractivity contribution in [3.05, 3.63) is 0 Å². The Morgan fingerprint density at radius 1 is 1.06 bits per heavy atom. The predicted octanol–water partition coefficient (Wildman–Crippen LogP) is 0.624. The van der Waals surface area contributed by atoms with Crippen LogP contribution in [0.4, 0.5) is 0 Å². The standard InChI is InChI=1S/C12H24N2O2S/c13-12-5-2-1-4-11(12)10-14-6-3-8-17(15,16)9-7-14/h11-12H,1-10,13H2. The van der Waals surface area contributed by atoms with Gasteiger partial charge in [0.2, 0.25) is 0 Å². The number of nitrogens with two attached hydrogens (primary N) is 1. The molecule has 2 unspecified atom stereocenters. The maximum absolute atomic E-state index is 11.5. The van der Waals surface area contributed by atoms with Gasteiger partial charge in [0, 0.05) is 19.1 Å². The molecule has 100 valence electrons. The van der Waals surface area contributed by atoms with Crippen molar-refractivity contribution >= 4 is 9.84 Å². The highest BCUT2D eigenvalue weighted by Gasteiger charge is 2.26. The topological polar surface area (TPSA) is 63.4 Å². The first-order valence-corrected chi connectivity index (χ1v) is 8.57. The third kappa shape index (κ3) is 3.93. The van der Waals surface area contributed by atoms with Crippen LogP contribution in [0.3, 0.4) is 0 Å². The first-order chi connectivity index (χ1) is 8.07. The molecule has 1 aliphatic heterocycles. The summed E-state index contributed by atoms with van der Waals surface area (Å²) in [6.45, 7) is 2.62. The molecule has 4 nitrogen and oxygen atoms in total. The van der Waals surface area contributed by atoms with E-state index in [1.165, 1.54) is 19.3 Å². The van der Waals surface area contributed by atoms with Crippen LogP contribution in [0.25, 0.3) is 0 Å². The minimum absolute atomic E-state index is 0.323. The van der Waals surface area contributed by atoms with Crippen LogP contribution in [-0.4, -0.2) is 50.5 Å². The van der Waals surface area contributed by atoms with E-state index in [-0.39, 0.29) is 0 Å². The Hall–Kier alpha value is -0.130. The van der Waals surface area contributed by atoms with Gasteiger partial charge in [0.05, 0.1) is 11.5 Å². The number of hydrogen-bond donors (Lipinski definition) is 1.